The molecule has 0 saturated carbocycles. The number of halogens is 6. The number of rotatable bonds is 2. The molecular weight excluding hydrogens is 339 g/mol. The molecule has 2 rings (SSSR count). The van der Waals surface area contributed by atoms with Crippen molar-refractivity contribution in [2.45, 2.75) is 6.18 Å². The highest BCUT2D eigenvalue weighted by Gasteiger charge is 2.34. The van der Waals surface area contributed by atoms with Crippen LogP contribution in [0.2, 0.25) is 15.3 Å². The lowest BCUT2D eigenvalue weighted by Crippen LogP contribution is -2.09. The van der Waals surface area contributed by atoms with E-state index in [1.165, 1.54) is 18.2 Å². The lowest BCUT2D eigenvalue weighted by atomic mass is 10.3. The molecule has 0 bridgehead atoms. The smallest absolute Gasteiger partial charge is 0.433 e. The van der Waals surface area contributed by atoms with Crippen LogP contribution in [0.4, 0.5) is 13.2 Å². The summed E-state index contributed by atoms with van der Waals surface area (Å²) in [5.41, 5.74) is -1.20. The molecule has 106 valence electrons. The molecule has 0 spiro atoms. The normalized spacial score (nSPS) is 11.5. The first-order valence-electron chi connectivity index (χ1n) is 5.00. The zero-order valence-electron chi connectivity index (χ0n) is 9.38. The van der Waals surface area contributed by atoms with Gasteiger partial charge in [0, 0.05) is 12.1 Å². The molecule has 0 aliphatic carbocycles. The summed E-state index contributed by atoms with van der Waals surface area (Å²) < 4.78 is 42.8. The summed E-state index contributed by atoms with van der Waals surface area (Å²) in [6, 6.07) is 4.84. The minimum Gasteiger partial charge on any atom is -0.439 e. The number of hydrogen-bond donors (Lipinski definition) is 0. The molecule has 20 heavy (non-hydrogen) atoms. The molecule has 0 atom stereocenters. The first-order chi connectivity index (χ1) is 9.25. The topological polar surface area (TPSA) is 35.0 Å². The highest BCUT2D eigenvalue weighted by atomic mass is 35.5. The fourth-order valence-electron chi connectivity index (χ4n) is 1.26. The van der Waals surface area contributed by atoms with E-state index in [1.54, 1.807) is 0 Å². The summed E-state index contributed by atoms with van der Waals surface area (Å²) in [7, 11) is 0. The Hall–Kier alpha value is -1.24. The molecule has 1 aromatic heterocycles. The molecule has 0 saturated heterocycles. The zero-order chi connectivity index (χ0) is 14.9. The van der Waals surface area contributed by atoms with E-state index >= 15 is 0 Å². The van der Waals surface area contributed by atoms with Crippen molar-refractivity contribution >= 4 is 34.8 Å². The zero-order valence-corrected chi connectivity index (χ0v) is 11.6. The van der Waals surface area contributed by atoms with Crippen molar-refractivity contribution in [2.75, 3.05) is 0 Å². The predicted molar refractivity (Wildman–Crippen MR) is 68.6 cm³/mol. The van der Waals surface area contributed by atoms with Gasteiger partial charge in [-0.2, -0.15) is 18.2 Å². The molecule has 0 aliphatic rings. The second-order valence-corrected chi connectivity index (χ2v) is 4.69. The highest BCUT2D eigenvalue weighted by molar-refractivity contribution is 6.42. The first-order valence-corrected chi connectivity index (χ1v) is 6.14. The second kappa shape index (κ2) is 5.63. The van der Waals surface area contributed by atoms with Crippen LogP contribution in [0, 0.1) is 0 Å². The quantitative estimate of drug-likeness (QED) is 0.699. The van der Waals surface area contributed by atoms with E-state index in [9.17, 15) is 13.2 Å². The van der Waals surface area contributed by atoms with Gasteiger partial charge < -0.3 is 4.74 Å². The van der Waals surface area contributed by atoms with E-state index in [-0.39, 0.29) is 21.7 Å². The average molecular weight is 344 g/mol. The Morgan fingerprint density at radius 1 is 0.950 bits per heavy atom. The molecule has 1 aromatic carbocycles. The fraction of sp³-hybridized carbons (Fsp3) is 0.0909. The predicted octanol–water partition coefficient (Wildman–Crippen LogP) is 5.25. The standard InChI is InChI=1S/C11H4Cl3F3N2O/c12-6-2-1-5(3-7(6)13)20-9-4-8(11(15,16)17)18-10(14)19-9/h1-4H. The van der Waals surface area contributed by atoms with E-state index in [0.717, 1.165) is 0 Å². The second-order valence-electron chi connectivity index (χ2n) is 3.54. The highest BCUT2D eigenvalue weighted by Crippen LogP contribution is 2.33. The lowest BCUT2D eigenvalue weighted by Gasteiger charge is -2.09. The molecular formula is C11H4Cl3F3N2O. The van der Waals surface area contributed by atoms with Crippen LogP contribution in [0.25, 0.3) is 0 Å². The van der Waals surface area contributed by atoms with E-state index < -0.39 is 17.2 Å². The molecule has 0 aliphatic heterocycles. The largest absolute Gasteiger partial charge is 0.439 e. The van der Waals surface area contributed by atoms with Crippen molar-refractivity contribution in [3.05, 3.63) is 45.3 Å². The van der Waals surface area contributed by atoms with Gasteiger partial charge in [0.15, 0.2) is 5.69 Å². The third-order valence-corrected chi connectivity index (χ3v) is 2.99. The Balaban J connectivity index is 2.33. The molecule has 0 amide bonds. The third-order valence-electron chi connectivity index (χ3n) is 2.08. The molecule has 0 unspecified atom stereocenters. The van der Waals surface area contributed by atoms with E-state index in [0.29, 0.717) is 6.07 Å². The average Bonchev–Trinajstić information content (AvgIpc) is 2.32. The van der Waals surface area contributed by atoms with Crippen molar-refractivity contribution in [2.24, 2.45) is 0 Å². The number of aromatic nitrogens is 2. The van der Waals surface area contributed by atoms with Crippen molar-refractivity contribution in [1.29, 1.82) is 0 Å². The van der Waals surface area contributed by atoms with Gasteiger partial charge >= 0.3 is 6.18 Å². The summed E-state index contributed by atoms with van der Waals surface area (Å²) in [5.74, 6) is -0.182. The van der Waals surface area contributed by atoms with Crippen molar-refractivity contribution < 1.29 is 17.9 Å². The number of ether oxygens (including phenoxy) is 1. The van der Waals surface area contributed by atoms with Gasteiger partial charge in [0.1, 0.15) is 5.75 Å². The first kappa shape index (κ1) is 15.2. The lowest BCUT2D eigenvalue weighted by molar-refractivity contribution is -0.141. The Morgan fingerprint density at radius 3 is 2.25 bits per heavy atom. The summed E-state index contributed by atoms with van der Waals surface area (Å²) in [6.07, 6.45) is -4.65. The van der Waals surface area contributed by atoms with E-state index in [1.807, 2.05) is 0 Å². The van der Waals surface area contributed by atoms with Crippen molar-refractivity contribution in [1.82, 2.24) is 9.97 Å². The molecule has 0 radical (unpaired) electrons. The summed E-state index contributed by atoms with van der Waals surface area (Å²) in [6.45, 7) is 0. The van der Waals surface area contributed by atoms with Crippen LogP contribution >= 0.6 is 34.8 Å². The minimum absolute atomic E-state index is 0.169. The van der Waals surface area contributed by atoms with Crippen molar-refractivity contribution in [3.63, 3.8) is 0 Å². The fourth-order valence-corrected chi connectivity index (χ4v) is 1.72. The van der Waals surface area contributed by atoms with Gasteiger partial charge in [0.25, 0.3) is 0 Å². The van der Waals surface area contributed by atoms with Crippen LogP contribution < -0.4 is 4.74 Å². The van der Waals surface area contributed by atoms with Crippen LogP contribution in [-0.2, 0) is 6.18 Å². The van der Waals surface area contributed by atoms with Crippen molar-refractivity contribution in [3.8, 4) is 11.6 Å². The Bertz CT molecular complexity index is 649. The monoisotopic (exact) mass is 342 g/mol. The molecule has 9 heteroatoms. The van der Waals surface area contributed by atoms with Crippen LogP contribution in [0.5, 0.6) is 11.6 Å². The Labute approximate surface area is 126 Å². The van der Waals surface area contributed by atoms with Gasteiger partial charge in [-0.05, 0) is 23.7 Å². The number of nitrogens with zero attached hydrogens (tertiary/aromatic N) is 2. The van der Waals surface area contributed by atoms with E-state index in [2.05, 4.69) is 9.97 Å². The summed E-state index contributed by atoms with van der Waals surface area (Å²) in [4.78, 5) is 6.63. The maximum Gasteiger partial charge on any atom is 0.433 e. The minimum atomic E-state index is -4.65. The van der Waals surface area contributed by atoms with Crippen LogP contribution in [0.3, 0.4) is 0 Å². The van der Waals surface area contributed by atoms with Gasteiger partial charge in [0.2, 0.25) is 11.2 Å². The van der Waals surface area contributed by atoms with Crippen LogP contribution in [0.15, 0.2) is 24.3 Å². The maximum absolute atomic E-state index is 12.6. The SMILES string of the molecule is FC(F)(F)c1cc(Oc2ccc(Cl)c(Cl)c2)nc(Cl)n1. The van der Waals surface area contributed by atoms with Crippen LogP contribution in [0.1, 0.15) is 5.69 Å². The van der Waals surface area contributed by atoms with Crippen LogP contribution in [-0.4, -0.2) is 9.97 Å². The van der Waals surface area contributed by atoms with Gasteiger partial charge in [-0.3, -0.25) is 0 Å². The molecule has 0 N–H and O–H groups in total. The molecule has 2 aromatic rings. The van der Waals surface area contributed by atoms with Gasteiger partial charge in [-0.15, -0.1) is 0 Å². The summed E-state index contributed by atoms with van der Waals surface area (Å²) >= 11 is 16.9. The van der Waals surface area contributed by atoms with Gasteiger partial charge in [-0.25, -0.2) is 4.98 Å². The maximum atomic E-state index is 12.6. The molecule has 0 fully saturated rings. The summed E-state index contributed by atoms with van der Waals surface area (Å²) in [5, 5.41) is -0.0917. The number of hydrogen-bond acceptors (Lipinski definition) is 3. The molecule has 3 nitrogen and oxygen atoms in total. The third kappa shape index (κ3) is 3.65. The van der Waals surface area contributed by atoms with E-state index in [4.69, 9.17) is 39.5 Å². The number of alkyl halides is 3. The van der Waals surface area contributed by atoms with Gasteiger partial charge in [0.05, 0.1) is 10.0 Å². The molecule has 1 heterocycles. The number of benzene rings is 1. The van der Waals surface area contributed by atoms with Gasteiger partial charge in [-0.1, -0.05) is 23.2 Å². The Kier molecular flexibility index (Phi) is 4.27. The Morgan fingerprint density at radius 2 is 1.65 bits per heavy atom.